The van der Waals surface area contributed by atoms with Crippen molar-refractivity contribution >= 4 is 31.3 Å². The molecule has 3 rings (SSSR count). The summed E-state index contributed by atoms with van der Waals surface area (Å²) in [5, 5.41) is -7.07. The van der Waals surface area contributed by atoms with Gasteiger partial charge in [-0.05, 0) is 60.7 Å². The summed E-state index contributed by atoms with van der Waals surface area (Å²) < 4.78 is 179. The molecule has 0 saturated carbocycles. The average molecular weight is 627 g/mol. The maximum atomic E-state index is 14.5. The van der Waals surface area contributed by atoms with E-state index in [1.54, 1.807) is 0 Å². The van der Waals surface area contributed by atoms with Crippen LogP contribution in [0.4, 0.5) is 39.5 Å². The first-order chi connectivity index (χ1) is 18.1. The molecule has 1 aliphatic carbocycles. The largest absolute Gasteiger partial charge is 0.497 e. The summed E-state index contributed by atoms with van der Waals surface area (Å²) in [4.78, 5) is -0.203. The van der Waals surface area contributed by atoms with Crippen LogP contribution in [0, 0.1) is 0 Å². The van der Waals surface area contributed by atoms with E-state index >= 15 is 0 Å². The number of halogens is 9. The van der Waals surface area contributed by atoms with Gasteiger partial charge in [0.25, 0.3) is 0 Å². The number of allylic oxidation sites excluding steroid dienone is 1. The smallest absolute Gasteiger partial charge is 0.460 e. The lowest BCUT2D eigenvalue weighted by atomic mass is 9.99. The van der Waals surface area contributed by atoms with Crippen molar-refractivity contribution in [3.63, 3.8) is 0 Å². The second kappa shape index (κ2) is 10.2. The Kier molecular flexibility index (Phi) is 8.01. The van der Waals surface area contributed by atoms with Gasteiger partial charge in [-0.25, -0.2) is 8.42 Å². The van der Waals surface area contributed by atoms with Gasteiger partial charge in [0.1, 0.15) is 5.75 Å². The highest BCUT2D eigenvalue weighted by Crippen LogP contribution is 2.55. The number of ether oxygens (including phenoxy) is 1. The van der Waals surface area contributed by atoms with Crippen LogP contribution in [0.3, 0.4) is 0 Å². The molecule has 2 aromatic carbocycles. The van der Waals surface area contributed by atoms with Crippen LogP contribution in [0.1, 0.15) is 29.5 Å². The van der Waals surface area contributed by atoms with Gasteiger partial charge < -0.3 is 8.92 Å². The Morgan fingerprint density at radius 3 is 1.85 bits per heavy atom. The lowest BCUT2D eigenvalue weighted by Crippen LogP contribution is -2.63. The molecule has 222 valence electrons. The summed E-state index contributed by atoms with van der Waals surface area (Å²) in [5.74, 6) is -15.8. The van der Waals surface area contributed by atoms with Gasteiger partial charge in [-0.15, -0.1) is 0 Å². The quantitative estimate of drug-likeness (QED) is 0.261. The minimum Gasteiger partial charge on any atom is -0.497 e. The van der Waals surface area contributed by atoms with Crippen LogP contribution >= 0.6 is 0 Å². The van der Waals surface area contributed by atoms with E-state index < -0.39 is 49.0 Å². The van der Waals surface area contributed by atoms with E-state index in [-0.39, 0.29) is 52.2 Å². The molecule has 0 amide bonds. The number of sulfone groups is 1. The van der Waals surface area contributed by atoms with Crippen LogP contribution in [0.25, 0.3) is 11.3 Å². The van der Waals surface area contributed by atoms with Gasteiger partial charge in [-0.3, -0.25) is 0 Å². The van der Waals surface area contributed by atoms with Crippen LogP contribution in [-0.4, -0.2) is 53.5 Å². The molecule has 0 aromatic heterocycles. The first-order valence-electron chi connectivity index (χ1n) is 10.9. The SMILES string of the molecule is COc1ccc2c(c1)CCCC(c1ccc(S(C)(=O)=O)cc1)=C2OS(=O)(=O)C(F)(F)C(F)(F)C(F)(F)C(F)(F)F. The summed E-state index contributed by atoms with van der Waals surface area (Å²) >= 11 is 0. The Hall–Kier alpha value is -2.95. The Morgan fingerprint density at radius 1 is 0.775 bits per heavy atom. The van der Waals surface area contributed by atoms with Crippen LogP contribution in [0.15, 0.2) is 47.4 Å². The van der Waals surface area contributed by atoms with Crippen molar-refractivity contribution in [1.29, 1.82) is 0 Å². The van der Waals surface area contributed by atoms with Crippen molar-refractivity contribution in [2.24, 2.45) is 0 Å². The van der Waals surface area contributed by atoms with Gasteiger partial charge in [0.05, 0.1) is 12.0 Å². The minimum atomic E-state index is -7.48. The van der Waals surface area contributed by atoms with Gasteiger partial charge in [-0.1, -0.05) is 12.1 Å². The molecule has 0 saturated heterocycles. The number of aryl methyl sites for hydroxylation is 1. The Labute approximate surface area is 222 Å². The van der Waals surface area contributed by atoms with Crippen LogP contribution in [-0.2, 0) is 30.6 Å². The molecule has 0 heterocycles. The van der Waals surface area contributed by atoms with Gasteiger partial charge in [-0.2, -0.15) is 47.9 Å². The monoisotopic (exact) mass is 626 g/mol. The normalized spacial score (nSPS) is 15.9. The highest BCUT2D eigenvalue weighted by atomic mass is 32.2. The molecule has 0 radical (unpaired) electrons. The Balaban J connectivity index is 2.26. The number of rotatable bonds is 8. The van der Waals surface area contributed by atoms with Crippen LogP contribution < -0.4 is 4.74 Å². The first kappa shape index (κ1) is 31.6. The fourth-order valence-corrected chi connectivity index (χ4v) is 5.40. The van der Waals surface area contributed by atoms with Crippen molar-refractivity contribution in [2.45, 2.75) is 47.4 Å². The number of benzene rings is 2. The van der Waals surface area contributed by atoms with Crippen LogP contribution in [0.2, 0.25) is 0 Å². The van der Waals surface area contributed by atoms with Gasteiger partial charge in [0.15, 0.2) is 15.6 Å². The molecule has 0 atom stereocenters. The third-order valence-electron chi connectivity index (χ3n) is 5.96. The van der Waals surface area contributed by atoms with Crippen molar-refractivity contribution in [2.75, 3.05) is 13.4 Å². The van der Waals surface area contributed by atoms with E-state index in [4.69, 9.17) is 4.74 Å². The molecule has 0 N–H and O–H groups in total. The molecule has 40 heavy (non-hydrogen) atoms. The summed E-state index contributed by atoms with van der Waals surface area (Å²) in [7, 11) is -9.72. The molecule has 0 fully saturated rings. The second-order valence-corrected chi connectivity index (χ2v) is 12.3. The number of hydrogen-bond acceptors (Lipinski definition) is 6. The molecule has 6 nitrogen and oxygen atoms in total. The topological polar surface area (TPSA) is 86.7 Å². The Bertz CT molecular complexity index is 1530. The van der Waals surface area contributed by atoms with E-state index in [0.717, 1.165) is 36.6 Å². The molecule has 2 aromatic rings. The van der Waals surface area contributed by atoms with E-state index in [0.29, 0.717) is 0 Å². The molecular weight excluding hydrogens is 607 g/mol. The number of hydrogen-bond donors (Lipinski definition) is 0. The minimum absolute atomic E-state index is 0.0306. The molecular formula is C23H19F9O6S2. The summed E-state index contributed by atoms with van der Waals surface area (Å²) in [6.45, 7) is 0. The molecule has 0 unspecified atom stereocenters. The zero-order chi connectivity index (χ0) is 30.5. The van der Waals surface area contributed by atoms with Gasteiger partial charge in [0, 0.05) is 17.4 Å². The van der Waals surface area contributed by atoms with Crippen molar-refractivity contribution in [3.05, 3.63) is 59.2 Å². The maximum absolute atomic E-state index is 14.5. The summed E-state index contributed by atoms with van der Waals surface area (Å²) in [6.07, 6.45) is -6.29. The standard InChI is InChI=1S/C23H19F9O6S2/c1-37-15-8-11-18-14(12-15)4-3-5-17(13-6-9-16(10-7-13)39(2,33)34)19(18)38-40(35,36)23(31,32)21(26,27)20(24,25)22(28,29)30/h6-12H,3-5H2,1-2H3. The summed E-state index contributed by atoms with van der Waals surface area (Å²) in [5.41, 5.74) is -0.389. The summed E-state index contributed by atoms with van der Waals surface area (Å²) in [6, 6.07) is 8.00. The third-order valence-corrected chi connectivity index (χ3v) is 8.36. The maximum Gasteiger partial charge on any atom is 0.460 e. The highest BCUT2D eigenvalue weighted by Gasteiger charge is 2.86. The van der Waals surface area contributed by atoms with Gasteiger partial charge in [0.2, 0.25) is 0 Å². The molecule has 17 heteroatoms. The zero-order valence-corrected chi connectivity index (χ0v) is 22.0. The van der Waals surface area contributed by atoms with E-state index in [2.05, 4.69) is 4.18 Å². The van der Waals surface area contributed by atoms with Crippen molar-refractivity contribution in [1.82, 2.24) is 0 Å². The van der Waals surface area contributed by atoms with Crippen LogP contribution in [0.5, 0.6) is 5.75 Å². The highest BCUT2D eigenvalue weighted by molar-refractivity contribution is 7.90. The van der Waals surface area contributed by atoms with E-state index in [1.165, 1.54) is 19.2 Å². The third kappa shape index (κ3) is 5.36. The molecule has 1 aliphatic rings. The fraction of sp³-hybridized carbons (Fsp3) is 0.391. The Morgan fingerprint density at radius 2 is 1.35 bits per heavy atom. The lowest BCUT2D eigenvalue weighted by Gasteiger charge is -2.33. The van der Waals surface area contributed by atoms with E-state index in [9.17, 15) is 56.3 Å². The second-order valence-electron chi connectivity index (χ2n) is 8.68. The zero-order valence-electron chi connectivity index (χ0n) is 20.3. The molecule has 0 bridgehead atoms. The van der Waals surface area contributed by atoms with Crippen molar-refractivity contribution in [3.8, 4) is 5.75 Å². The average Bonchev–Trinajstić information content (AvgIpc) is 3.01. The predicted octanol–water partition coefficient (Wildman–Crippen LogP) is 6.08. The molecule has 0 aliphatic heterocycles. The number of alkyl halides is 9. The first-order valence-corrected chi connectivity index (χ1v) is 14.2. The van der Waals surface area contributed by atoms with Gasteiger partial charge >= 0.3 is 33.4 Å². The predicted molar refractivity (Wildman–Crippen MR) is 123 cm³/mol. The lowest BCUT2D eigenvalue weighted by molar-refractivity contribution is -0.382. The number of fused-ring (bicyclic) bond motifs is 1. The molecule has 0 spiro atoms. The van der Waals surface area contributed by atoms with Crippen molar-refractivity contribution < 1.29 is 65.3 Å². The van der Waals surface area contributed by atoms with E-state index in [1.807, 2.05) is 0 Å². The number of methoxy groups -OCH3 is 1. The fourth-order valence-electron chi connectivity index (χ4n) is 3.81.